The van der Waals surface area contributed by atoms with Crippen molar-refractivity contribution >= 4 is 22.9 Å². The lowest BCUT2D eigenvalue weighted by Crippen LogP contribution is -2.38. The molecule has 1 atom stereocenters. The Morgan fingerprint density at radius 3 is 2.83 bits per heavy atom. The van der Waals surface area contributed by atoms with Gasteiger partial charge in [0.25, 0.3) is 0 Å². The molecule has 6 heteroatoms. The number of aromatic nitrogens is 2. The standard InChI is InChI=1S/C18H26N4O2/c1-13(23)11-19-18-21-15-9-5-6-10-16(15)22(18)12-17(24)20-14-7-3-2-4-8-14/h5-6,9-10,13-14,23H,2-4,7-8,11-12H2,1H3,(H,19,21)(H,20,24)/t13-/m0/s1. The van der Waals surface area contributed by atoms with Crippen LogP contribution >= 0.6 is 0 Å². The van der Waals surface area contributed by atoms with E-state index in [1.165, 1.54) is 19.3 Å². The van der Waals surface area contributed by atoms with Crippen molar-refractivity contribution in [3.8, 4) is 0 Å². The monoisotopic (exact) mass is 330 g/mol. The number of rotatable bonds is 6. The minimum Gasteiger partial charge on any atom is -0.392 e. The van der Waals surface area contributed by atoms with Gasteiger partial charge in [-0.15, -0.1) is 0 Å². The molecule has 0 unspecified atom stereocenters. The van der Waals surface area contributed by atoms with E-state index in [9.17, 15) is 9.90 Å². The smallest absolute Gasteiger partial charge is 0.240 e. The summed E-state index contributed by atoms with van der Waals surface area (Å²) in [4.78, 5) is 17.0. The van der Waals surface area contributed by atoms with Crippen molar-refractivity contribution in [3.05, 3.63) is 24.3 Å². The van der Waals surface area contributed by atoms with E-state index < -0.39 is 6.10 Å². The van der Waals surface area contributed by atoms with Crippen LogP contribution in [0.2, 0.25) is 0 Å². The van der Waals surface area contributed by atoms with Gasteiger partial charge in [0, 0.05) is 12.6 Å². The molecule has 0 bridgehead atoms. The third-order valence-corrected chi connectivity index (χ3v) is 4.48. The fourth-order valence-electron chi connectivity index (χ4n) is 3.27. The van der Waals surface area contributed by atoms with Crippen molar-refractivity contribution in [1.29, 1.82) is 0 Å². The summed E-state index contributed by atoms with van der Waals surface area (Å²) in [6.45, 7) is 2.35. The minimum absolute atomic E-state index is 0.0187. The summed E-state index contributed by atoms with van der Waals surface area (Å²) in [6.07, 6.45) is 5.33. The van der Waals surface area contributed by atoms with Crippen molar-refractivity contribution in [2.45, 2.75) is 57.7 Å². The number of imidazole rings is 1. The number of nitrogens with zero attached hydrogens (tertiary/aromatic N) is 2. The Labute approximate surface area is 142 Å². The third-order valence-electron chi connectivity index (χ3n) is 4.48. The van der Waals surface area contributed by atoms with Gasteiger partial charge in [0.05, 0.1) is 17.1 Å². The van der Waals surface area contributed by atoms with E-state index >= 15 is 0 Å². The van der Waals surface area contributed by atoms with E-state index in [0.29, 0.717) is 18.5 Å². The normalized spacial score (nSPS) is 16.9. The number of para-hydroxylation sites is 2. The number of hydrogen-bond donors (Lipinski definition) is 3. The van der Waals surface area contributed by atoms with Gasteiger partial charge in [-0.25, -0.2) is 4.98 Å². The number of nitrogens with one attached hydrogen (secondary N) is 2. The van der Waals surface area contributed by atoms with Crippen molar-refractivity contribution in [2.24, 2.45) is 0 Å². The van der Waals surface area contributed by atoms with Gasteiger partial charge in [-0.05, 0) is 31.9 Å². The number of aliphatic hydroxyl groups excluding tert-OH is 1. The van der Waals surface area contributed by atoms with Gasteiger partial charge in [0.1, 0.15) is 6.54 Å². The Morgan fingerprint density at radius 1 is 1.33 bits per heavy atom. The number of aliphatic hydroxyl groups is 1. The fourth-order valence-corrected chi connectivity index (χ4v) is 3.27. The van der Waals surface area contributed by atoms with Crippen molar-refractivity contribution in [3.63, 3.8) is 0 Å². The maximum Gasteiger partial charge on any atom is 0.240 e. The average molecular weight is 330 g/mol. The maximum atomic E-state index is 12.5. The Balaban J connectivity index is 1.75. The second-order valence-corrected chi connectivity index (χ2v) is 6.64. The first-order valence-electron chi connectivity index (χ1n) is 8.80. The Hall–Kier alpha value is -2.08. The molecule has 0 radical (unpaired) electrons. The summed E-state index contributed by atoms with van der Waals surface area (Å²) in [5, 5.41) is 15.8. The zero-order valence-corrected chi connectivity index (χ0v) is 14.2. The summed E-state index contributed by atoms with van der Waals surface area (Å²) < 4.78 is 1.88. The lowest BCUT2D eigenvalue weighted by Gasteiger charge is -2.23. The number of carbonyl (C=O) groups excluding carboxylic acids is 1. The van der Waals surface area contributed by atoms with Crippen LogP contribution in [0.1, 0.15) is 39.0 Å². The van der Waals surface area contributed by atoms with Gasteiger partial charge in [0.15, 0.2) is 0 Å². The summed E-state index contributed by atoms with van der Waals surface area (Å²) in [5.41, 5.74) is 1.76. The number of hydrogen-bond acceptors (Lipinski definition) is 4. The van der Waals surface area contributed by atoms with Gasteiger partial charge in [-0.2, -0.15) is 0 Å². The molecule has 24 heavy (non-hydrogen) atoms. The van der Waals surface area contributed by atoms with Gasteiger partial charge in [0.2, 0.25) is 11.9 Å². The van der Waals surface area contributed by atoms with Crippen molar-refractivity contribution in [1.82, 2.24) is 14.9 Å². The van der Waals surface area contributed by atoms with Crippen LogP contribution in [0.15, 0.2) is 24.3 Å². The predicted octanol–water partition coefficient (Wildman–Crippen LogP) is 2.28. The highest BCUT2D eigenvalue weighted by Crippen LogP contribution is 2.20. The molecule has 0 aliphatic heterocycles. The van der Waals surface area contributed by atoms with Crippen LogP contribution < -0.4 is 10.6 Å². The molecular weight excluding hydrogens is 304 g/mol. The summed E-state index contributed by atoms with van der Waals surface area (Å²) in [7, 11) is 0. The lowest BCUT2D eigenvalue weighted by atomic mass is 9.95. The zero-order valence-electron chi connectivity index (χ0n) is 14.2. The van der Waals surface area contributed by atoms with Crippen molar-refractivity contribution in [2.75, 3.05) is 11.9 Å². The number of benzene rings is 1. The van der Waals surface area contributed by atoms with E-state index in [1.807, 2.05) is 28.8 Å². The molecule has 1 aromatic heterocycles. The highest BCUT2D eigenvalue weighted by molar-refractivity contribution is 5.83. The molecule has 1 aliphatic carbocycles. The molecule has 1 aromatic carbocycles. The van der Waals surface area contributed by atoms with Crippen LogP contribution in [0, 0.1) is 0 Å². The second-order valence-electron chi connectivity index (χ2n) is 6.64. The minimum atomic E-state index is -0.477. The Bertz CT molecular complexity index is 689. The molecule has 0 saturated heterocycles. The molecule has 3 rings (SSSR count). The first-order chi connectivity index (χ1) is 11.6. The van der Waals surface area contributed by atoms with E-state index in [2.05, 4.69) is 15.6 Å². The van der Waals surface area contributed by atoms with Gasteiger partial charge >= 0.3 is 0 Å². The molecule has 3 N–H and O–H groups in total. The molecule has 1 saturated carbocycles. The highest BCUT2D eigenvalue weighted by atomic mass is 16.3. The van der Waals surface area contributed by atoms with Crippen LogP contribution in [0.5, 0.6) is 0 Å². The zero-order chi connectivity index (χ0) is 16.9. The fraction of sp³-hybridized carbons (Fsp3) is 0.556. The van der Waals surface area contributed by atoms with Crippen molar-refractivity contribution < 1.29 is 9.90 Å². The molecule has 1 fully saturated rings. The topological polar surface area (TPSA) is 79.2 Å². The third kappa shape index (κ3) is 4.06. The van der Waals surface area contributed by atoms with Crippen LogP contribution in [0.25, 0.3) is 11.0 Å². The Morgan fingerprint density at radius 2 is 2.08 bits per heavy atom. The quantitative estimate of drug-likeness (QED) is 0.759. The highest BCUT2D eigenvalue weighted by Gasteiger charge is 2.18. The van der Waals surface area contributed by atoms with Gasteiger partial charge in [-0.3, -0.25) is 4.79 Å². The van der Waals surface area contributed by atoms with E-state index in [0.717, 1.165) is 23.9 Å². The van der Waals surface area contributed by atoms with Gasteiger partial charge in [-0.1, -0.05) is 31.4 Å². The molecule has 1 amide bonds. The summed E-state index contributed by atoms with van der Waals surface area (Å²) in [5.74, 6) is 0.640. The van der Waals surface area contributed by atoms with E-state index in [-0.39, 0.29) is 12.5 Å². The first kappa shape index (κ1) is 16.8. The van der Waals surface area contributed by atoms with Crippen LogP contribution in [-0.4, -0.2) is 39.3 Å². The molecule has 1 aliphatic rings. The van der Waals surface area contributed by atoms with E-state index in [4.69, 9.17) is 0 Å². The molecule has 0 spiro atoms. The second kappa shape index (κ2) is 7.66. The molecule has 1 heterocycles. The number of amides is 1. The average Bonchev–Trinajstić information content (AvgIpc) is 2.91. The SMILES string of the molecule is C[C@H](O)CNc1nc2ccccc2n1CC(=O)NC1CCCCC1. The lowest BCUT2D eigenvalue weighted by molar-refractivity contribution is -0.122. The Kier molecular flexibility index (Phi) is 5.35. The number of anilines is 1. The van der Waals surface area contributed by atoms with E-state index in [1.54, 1.807) is 6.92 Å². The molecule has 130 valence electrons. The van der Waals surface area contributed by atoms with Crippen LogP contribution in [0.4, 0.5) is 5.95 Å². The maximum absolute atomic E-state index is 12.5. The molecule has 6 nitrogen and oxygen atoms in total. The number of fused-ring (bicyclic) bond motifs is 1. The summed E-state index contributed by atoms with van der Waals surface area (Å²) >= 11 is 0. The number of carbonyl (C=O) groups is 1. The van der Waals surface area contributed by atoms with Gasteiger partial charge < -0.3 is 20.3 Å². The largest absolute Gasteiger partial charge is 0.392 e. The van der Waals surface area contributed by atoms with Crippen LogP contribution in [-0.2, 0) is 11.3 Å². The summed E-state index contributed by atoms with van der Waals surface area (Å²) in [6, 6.07) is 8.07. The molecular formula is C18H26N4O2. The van der Waals surface area contributed by atoms with Crippen LogP contribution in [0.3, 0.4) is 0 Å². The predicted molar refractivity (Wildman–Crippen MR) is 94.9 cm³/mol. The first-order valence-corrected chi connectivity index (χ1v) is 8.80. The molecule has 2 aromatic rings.